The summed E-state index contributed by atoms with van der Waals surface area (Å²) in [6, 6.07) is 11.9. The molecule has 1 atom stereocenters. The van der Waals surface area contributed by atoms with Gasteiger partial charge in [0.25, 0.3) is 5.91 Å². The lowest BCUT2D eigenvalue weighted by Gasteiger charge is -2.13. The molecule has 92 valence electrons. The number of rotatable bonds is 2. The van der Waals surface area contributed by atoms with Crippen molar-refractivity contribution in [2.75, 3.05) is 0 Å². The first-order chi connectivity index (χ1) is 8.74. The van der Waals surface area contributed by atoms with Crippen molar-refractivity contribution in [3.8, 4) is 0 Å². The molecule has 18 heavy (non-hydrogen) atoms. The molecular weight excluding hydrogens is 266 g/mol. The molecule has 2 aromatic rings. The number of fused-ring (bicyclic) bond motifs is 1. The average molecular weight is 278 g/mol. The molecule has 1 heterocycles. The Morgan fingerprint density at radius 2 is 2.11 bits per heavy atom. The molecule has 1 unspecified atom stereocenters. The van der Waals surface area contributed by atoms with E-state index in [1.165, 1.54) is 22.5 Å². The van der Waals surface area contributed by atoms with Crippen molar-refractivity contribution in [1.82, 2.24) is 5.32 Å². The largest absolute Gasteiger partial charge is 0.345 e. The number of aryl methyl sites for hydroxylation is 1. The molecule has 3 rings (SSSR count). The van der Waals surface area contributed by atoms with Crippen molar-refractivity contribution in [2.45, 2.75) is 18.9 Å². The summed E-state index contributed by atoms with van der Waals surface area (Å²) in [7, 11) is 0. The predicted octanol–water partition coefficient (Wildman–Crippen LogP) is 3.82. The molecule has 0 bridgehead atoms. The smallest absolute Gasteiger partial charge is 0.261 e. The number of thiophene rings is 1. The second-order valence-corrected chi connectivity index (χ2v) is 6.08. The number of nitrogens with one attached hydrogen (secondary N) is 1. The fourth-order valence-electron chi connectivity index (χ4n) is 2.37. The summed E-state index contributed by atoms with van der Waals surface area (Å²) < 4.78 is 0.645. The van der Waals surface area contributed by atoms with Crippen molar-refractivity contribution >= 4 is 28.8 Å². The Bertz CT molecular complexity index is 593. The quantitative estimate of drug-likeness (QED) is 0.888. The highest BCUT2D eigenvalue weighted by atomic mass is 35.5. The molecule has 0 saturated heterocycles. The van der Waals surface area contributed by atoms with Crippen LogP contribution in [0, 0.1) is 0 Å². The summed E-state index contributed by atoms with van der Waals surface area (Å²) in [5.41, 5.74) is 2.58. The fraction of sp³-hybridized carbons (Fsp3) is 0.214. The highest BCUT2D eigenvalue weighted by molar-refractivity contribution is 7.17. The lowest BCUT2D eigenvalue weighted by molar-refractivity contribution is 0.0941. The van der Waals surface area contributed by atoms with Crippen LogP contribution in [0.1, 0.15) is 33.3 Å². The molecule has 4 heteroatoms. The van der Waals surface area contributed by atoms with Gasteiger partial charge in [-0.05, 0) is 36.1 Å². The molecule has 1 amide bonds. The maximum absolute atomic E-state index is 12.1. The van der Waals surface area contributed by atoms with Crippen LogP contribution in [0.15, 0.2) is 36.4 Å². The minimum absolute atomic E-state index is 0.0337. The minimum Gasteiger partial charge on any atom is -0.345 e. The highest BCUT2D eigenvalue weighted by Gasteiger charge is 2.24. The standard InChI is InChI=1S/C14H12ClNOS/c15-13-8-7-12(18-13)14(17)16-11-6-5-9-3-1-2-4-10(9)11/h1-4,7-8,11H,5-6H2,(H,16,17). The third-order valence-electron chi connectivity index (χ3n) is 3.24. The maximum Gasteiger partial charge on any atom is 0.261 e. The molecule has 1 aromatic heterocycles. The van der Waals surface area contributed by atoms with Gasteiger partial charge in [-0.2, -0.15) is 0 Å². The summed E-state index contributed by atoms with van der Waals surface area (Å²) in [6.07, 6.45) is 2.01. The second kappa shape index (κ2) is 4.75. The van der Waals surface area contributed by atoms with Crippen molar-refractivity contribution in [3.05, 3.63) is 56.7 Å². The maximum atomic E-state index is 12.1. The van der Waals surface area contributed by atoms with Gasteiger partial charge in [0.1, 0.15) is 0 Å². The lowest BCUT2D eigenvalue weighted by Crippen LogP contribution is -2.26. The third-order valence-corrected chi connectivity index (χ3v) is 4.47. The Hall–Kier alpha value is -1.32. The van der Waals surface area contributed by atoms with Crippen molar-refractivity contribution in [2.24, 2.45) is 0 Å². The molecule has 1 aliphatic carbocycles. The van der Waals surface area contributed by atoms with Gasteiger partial charge in [-0.15, -0.1) is 11.3 Å². The van der Waals surface area contributed by atoms with Crippen LogP contribution in [-0.4, -0.2) is 5.91 Å². The van der Waals surface area contributed by atoms with E-state index in [0.717, 1.165) is 12.8 Å². The van der Waals surface area contributed by atoms with Crippen molar-refractivity contribution in [1.29, 1.82) is 0 Å². The van der Waals surface area contributed by atoms with Gasteiger partial charge in [0.2, 0.25) is 0 Å². The van der Waals surface area contributed by atoms with E-state index in [4.69, 9.17) is 11.6 Å². The number of hydrogen-bond donors (Lipinski definition) is 1. The summed E-state index contributed by atoms with van der Waals surface area (Å²) in [5, 5.41) is 3.08. The number of hydrogen-bond acceptors (Lipinski definition) is 2. The van der Waals surface area contributed by atoms with Crippen molar-refractivity contribution in [3.63, 3.8) is 0 Å². The van der Waals surface area contributed by atoms with Crippen LogP contribution in [0.4, 0.5) is 0 Å². The van der Waals surface area contributed by atoms with E-state index in [0.29, 0.717) is 9.21 Å². The molecule has 0 saturated carbocycles. The number of carbonyl (C=O) groups is 1. The van der Waals surface area contributed by atoms with Crippen molar-refractivity contribution < 1.29 is 4.79 Å². The molecule has 1 aromatic carbocycles. The summed E-state index contributed by atoms with van der Waals surface area (Å²) in [6.45, 7) is 0. The topological polar surface area (TPSA) is 29.1 Å². The third kappa shape index (κ3) is 2.16. The number of halogens is 1. The van der Waals surface area contributed by atoms with Crippen LogP contribution in [0.3, 0.4) is 0 Å². The normalized spacial score (nSPS) is 17.5. The van der Waals surface area contributed by atoms with Crippen LogP contribution in [-0.2, 0) is 6.42 Å². The first kappa shape index (κ1) is 11.8. The first-order valence-electron chi connectivity index (χ1n) is 5.88. The van der Waals surface area contributed by atoms with E-state index in [-0.39, 0.29) is 11.9 Å². The van der Waals surface area contributed by atoms with Crippen LogP contribution in [0.5, 0.6) is 0 Å². The molecule has 0 spiro atoms. The monoisotopic (exact) mass is 277 g/mol. The Morgan fingerprint density at radius 3 is 2.89 bits per heavy atom. The first-order valence-corrected chi connectivity index (χ1v) is 7.07. The zero-order chi connectivity index (χ0) is 12.5. The predicted molar refractivity (Wildman–Crippen MR) is 74.3 cm³/mol. The van der Waals surface area contributed by atoms with Gasteiger partial charge >= 0.3 is 0 Å². The van der Waals surface area contributed by atoms with Crippen LogP contribution in [0.25, 0.3) is 0 Å². The summed E-state index contributed by atoms with van der Waals surface area (Å²) in [4.78, 5) is 12.7. The zero-order valence-corrected chi connectivity index (χ0v) is 11.2. The van der Waals surface area contributed by atoms with Crippen LogP contribution < -0.4 is 5.32 Å². The summed E-state index contributed by atoms with van der Waals surface area (Å²) >= 11 is 7.15. The molecule has 1 N–H and O–H groups in total. The van der Waals surface area contributed by atoms with E-state index in [2.05, 4.69) is 17.4 Å². The van der Waals surface area contributed by atoms with E-state index >= 15 is 0 Å². The van der Waals surface area contributed by atoms with Gasteiger partial charge in [-0.25, -0.2) is 0 Å². The van der Waals surface area contributed by atoms with E-state index in [9.17, 15) is 4.79 Å². The Kier molecular flexibility index (Phi) is 3.10. The SMILES string of the molecule is O=C(NC1CCc2ccccc21)c1ccc(Cl)s1. The Labute approximate surface area is 115 Å². The zero-order valence-electron chi connectivity index (χ0n) is 9.65. The van der Waals surface area contributed by atoms with E-state index in [1.807, 2.05) is 12.1 Å². The molecule has 0 radical (unpaired) electrons. The minimum atomic E-state index is -0.0337. The van der Waals surface area contributed by atoms with Crippen LogP contribution >= 0.6 is 22.9 Å². The number of carbonyl (C=O) groups excluding carboxylic acids is 1. The van der Waals surface area contributed by atoms with Gasteiger partial charge < -0.3 is 5.32 Å². The van der Waals surface area contributed by atoms with Gasteiger partial charge in [0.05, 0.1) is 15.3 Å². The van der Waals surface area contributed by atoms with E-state index in [1.54, 1.807) is 12.1 Å². The average Bonchev–Trinajstić information content (AvgIpc) is 2.97. The van der Waals surface area contributed by atoms with Gasteiger partial charge in [-0.1, -0.05) is 35.9 Å². The van der Waals surface area contributed by atoms with Gasteiger partial charge in [0, 0.05) is 0 Å². The highest BCUT2D eigenvalue weighted by Crippen LogP contribution is 2.31. The second-order valence-electron chi connectivity index (χ2n) is 4.37. The van der Waals surface area contributed by atoms with Crippen LogP contribution in [0.2, 0.25) is 4.34 Å². The Morgan fingerprint density at radius 1 is 1.28 bits per heavy atom. The molecule has 0 aliphatic heterocycles. The lowest BCUT2D eigenvalue weighted by atomic mass is 10.1. The molecular formula is C14H12ClNOS. The van der Waals surface area contributed by atoms with Gasteiger partial charge in [-0.3, -0.25) is 4.79 Å². The van der Waals surface area contributed by atoms with E-state index < -0.39 is 0 Å². The summed E-state index contributed by atoms with van der Waals surface area (Å²) in [5.74, 6) is -0.0337. The fourth-order valence-corrected chi connectivity index (χ4v) is 3.32. The molecule has 2 nitrogen and oxygen atoms in total. The number of amides is 1. The molecule has 0 fully saturated rings. The Balaban J connectivity index is 1.77. The molecule has 1 aliphatic rings. The van der Waals surface area contributed by atoms with Gasteiger partial charge in [0.15, 0.2) is 0 Å². The number of benzene rings is 1.